The lowest BCUT2D eigenvalue weighted by molar-refractivity contribution is -0.425. The maximum atomic E-state index is 14.3. The van der Waals surface area contributed by atoms with Gasteiger partial charge in [-0.15, -0.1) is 0 Å². The molecule has 0 radical (unpaired) electrons. The van der Waals surface area contributed by atoms with Gasteiger partial charge in [0.15, 0.2) is 30.7 Å². The molecule has 0 aliphatic carbocycles. The number of carbonyl (C=O) groups excluding carboxylic acids is 1. The van der Waals surface area contributed by atoms with Crippen molar-refractivity contribution < 1.29 is 137 Å². The molecule has 0 saturated heterocycles. The quantitative estimate of drug-likeness (QED) is 0.0275. The Kier molecular flexibility index (Phi) is 22.2. The molecule has 0 N–H and O–H groups in total. The van der Waals surface area contributed by atoms with Gasteiger partial charge in [0, 0.05) is 20.8 Å². The smallest absolute Gasteiger partial charge is 0.416 e. The SMILES string of the molecule is C=C(C)C(=O)C(CC)[Si](O[Si](C)(C)CCCOC(F)(F)C(F)(F)C(F)(F)C(C)(F)F)(O[Si](C)(C)CCCOC(F)(F)C(F)(F)C(F)(F)C(C)(F)F)O[Si](C)(C)CCCOC(F)(F)C(F)(F)C(F)(F)C(C)(F)F. The molecular formula is C37H56F24O7Si4. The third kappa shape index (κ3) is 15.7. The number of ether oxygens (including phenoxy) is 3. The number of hydrogen-bond donors (Lipinski definition) is 0. The Morgan fingerprint density at radius 1 is 0.431 bits per heavy atom. The van der Waals surface area contributed by atoms with Crippen molar-refractivity contribution in [2.75, 3.05) is 19.8 Å². The summed E-state index contributed by atoms with van der Waals surface area (Å²) in [6.07, 6.45) is -21.7. The molecule has 35 heteroatoms. The minimum atomic E-state index is -6.82. The highest BCUT2D eigenvalue weighted by molar-refractivity contribution is 6.92. The molecule has 0 aromatic heterocycles. The standard InChI is InChI=1S/C37H56F24O7Si4/c1-13-24(25(62)23(2)3)72(66-69(7,8)20-14-17-63-35(56,57)32(50,51)29(44,45)26(4,38)39,67-70(9,10)21-15-18-64-36(58,59)33(52,53)30(46,47)27(5,40)41)68-71(11,12)22-16-19-65-37(60,61)34(54,55)31(48,49)28(6,42)43/h24H,2,13-22H2,1,3-12H3. The molecule has 0 aromatic carbocycles. The first-order chi connectivity index (χ1) is 31.3. The van der Waals surface area contributed by atoms with Crippen molar-refractivity contribution >= 4 is 39.5 Å². The summed E-state index contributed by atoms with van der Waals surface area (Å²) >= 11 is 0. The molecular weight excluding hydrogens is 1120 g/mol. The van der Waals surface area contributed by atoms with E-state index in [0.717, 1.165) is 6.92 Å². The number of alkyl halides is 24. The molecule has 0 amide bonds. The monoisotopic (exact) mass is 1180 g/mol. The highest BCUT2D eigenvalue weighted by Gasteiger charge is 2.82. The lowest BCUT2D eigenvalue weighted by Crippen LogP contribution is -2.65. The summed E-state index contributed by atoms with van der Waals surface area (Å²) in [5.74, 6) is -58.5. The molecule has 0 heterocycles. The van der Waals surface area contributed by atoms with Crippen LogP contribution in [0.25, 0.3) is 0 Å². The molecule has 1 atom stereocenters. The number of Topliss-reactive ketones (excluding diaryl/α,β-unsaturated/α-hetero) is 1. The Morgan fingerprint density at radius 2 is 0.639 bits per heavy atom. The maximum Gasteiger partial charge on any atom is 0.480 e. The average molecular weight is 1180 g/mol. The van der Waals surface area contributed by atoms with Gasteiger partial charge in [-0.05, 0) is 95.6 Å². The lowest BCUT2D eigenvalue weighted by Gasteiger charge is -2.48. The Balaban J connectivity index is 7.30. The second kappa shape index (κ2) is 22.7. The summed E-state index contributed by atoms with van der Waals surface area (Å²) in [7, 11) is -17.0. The molecule has 0 rings (SSSR count). The van der Waals surface area contributed by atoms with E-state index >= 15 is 0 Å². The van der Waals surface area contributed by atoms with E-state index in [1.54, 1.807) is 0 Å². The predicted molar refractivity (Wildman–Crippen MR) is 218 cm³/mol. The fraction of sp³-hybridized carbons (Fsp3) is 0.919. The summed E-state index contributed by atoms with van der Waals surface area (Å²) in [4.78, 5) is 13.9. The van der Waals surface area contributed by atoms with Gasteiger partial charge in [0.25, 0.3) is 0 Å². The third-order valence-corrected chi connectivity index (χ3v) is 26.6. The van der Waals surface area contributed by atoms with Gasteiger partial charge in [0.2, 0.25) is 0 Å². The van der Waals surface area contributed by atoms with E-state index in [1.807, 2.05) is 0 Å². The first kappa shape index (κ1) is 70.4. The Hall–Kier alpha value is -1.64. The van der Waals surface area contributed by atoms with Crippen molar-refractivity contribution in [2.45, 2.75) is 195 Å². The first-order valence-corrected chi connectivity index (χ1v) is 32.2. The topological polar surface area (TPSA) is 72.5 Å². The van der Waals surface area contributed by atoms with Crippen LogP contribution in [0.1, 0.15) is 60.3 Å². The van der Waals surface area contributed by atoms with Crippen LogP contribution in [0.4, 0.5) is 105 Å². The highest BCUT2D eigenvalue weighted by Crippen LogP contribution is 2.55. The number of rotatable bonds is 34. The molecule has 0 fully saturated rings. The summed E-state index contributed by atoms with van der Waals surface area (Å²) in [6, 6.07) is -1.81. The predicted octanol–water partition coefficient (Wildman–Crippen LogP) is 15.3. The van der Waals surface area contributed by atoms with Crippen molar-refractivity contribution in [1.29, 1.82) is 0 Å². The summed E-state index contributed by atoms with van der Waals surface area (Å²) < 4.78 is 363. The van der Waals surface area contributed by atoms with Gasteiger partial charge in [0.1, 0.15) is 0 Å². The molecule has 72 heavy (non-hydrogen) atoms. The summed E-state index contributed by atoms with van der Waals surface area (Å²) in [5.41, 5.74) is -1.96. The number of carbonyl (C=O) groups is 1. The lowest BCUT2D eigenvalue weighted by atomic mass is 10.1. The van der Waals surface area contributed by atoms with Gasteiger partial charge >= 0.3 is 80.4 Å². The average Bonchev–Trinajstić information content (AvgIpc) is 3.14. The number of halogens is 24. The zero-order chi connectivity index (χ0) is 58.0. The Labute approximate surface area is 402 Å². The van der Waals surface area contributed by atoms with E-state index in [4.69, 9.17) is 12.3 Å². The molecule has 1 unspecified atom stereocenters. The second-order valence-corrected chi connectivity index (χ2v) is 35.2. The number of ketones is 1. The van der Waals surface area contributed by atoms with E-state index in [1.165, 1.54) is 46.2 Å². The van der Waals surface area contributed by atoms with E-state index < -0.39 is 195 Å². The third-order valence-electron chi connectivity index (χ3n) is 10.4. The van der Waals surface area contributed by atoms with Crippen LogP contribution in [0.5, 0.6) is 0 Å². The Morgan fingerprint density at radius 3 is 0.806 bits per heavy atom. The summed E-state index contributed by atoms with van der Waals surface area (Å²) in [5, 5.41) is 0. The van der Waals surface area contributed by atoms with Crippen LogP contribution in [0.3, 0.4) is 0 Å². The minimum absolute atomic E-state index is 0.281. The fourth-order valence-corrected chi connectivity index (χ4v) is 24.1. The molecule has 0 aliphatic heterocycles. The van der Waals surface area contributed by atoms with Crippen LogP contribution < -0.4 is 0 Å². The van der Waals surface area contributed by atoms with Crippen molar-refractivity contribution in [3.63, 3.8) is 0 Å². The van der Waals surface area contributed by atoms with Crippen molar-refractivity contribution in [1.82, 2.24) is 0 Å². The van der Waals surface area contributed by atoms with Gasteiger partial charge in [0.05, 0.1) is 25.4 Å². The molecule has 430 valence electrons. The summed E-state index contributed by atoms with van der Waals surface area (Å²) in [6.45, 7) is 6.11. The highest BCUT2D eigenvalue weighted by atomic mass is 28.5. The zero-order valence-corrected chi connectivity index (χ0v) is 44.3. The van der Waals surface area contributed by atoms with Crippen LogP contribution in [0.15, 0.2) is 12.2 Å². The van der Waals surface area contributed by atoms with Crippen molar-refractivity contribution in [3.05, 3.63) is 12.2 Å². The molecule has 0 saturated carbocycles. The molecule has 0 aromatic rings. The van der Waals surface area contributed by atoms with Gasteiger partial charge in [-0.1, -0.05) is 13.5 Å². The molecule has 0 bridgehead atoms. The van der Waals surface area contributed by atoms with Crippen molar-refractivity contribution in [3.8, 4) is 0 Å². The van der Waals surface area contributed by atoms with Gasteiger partial charge in [-0.2, -0.15) is 105 Å². The normalized spacial score (nSPS) is 16.1. The molecule has 0 aliphatic rings. The van der Waals surface area contributed by atoms with Gasteiger partial charge in [-0.25, -0.2) is 0 Å². The van der Waals surface area contributed by atoms with Crippen LogP contribution in [0.2, 0.25) is 63.0 Å². The van der Waals surface area contributed by atoms with Gasteiger partial charge in [-0.3, -0.25) is 4.79 Å². The first-order valence-electron chi connectivity index (χ1n) is 21.0. The van der Waals surface area contributed by atoms with Crippen molar-refractivity contribution in [2.24, 2.45) is 0 Å². The van der Waals surface area contributed by atoms with E-state index in [-0.39, 0.29) is 12.0 Å². The van der Waals surface area contributed by atoms with Crippen LogP contribution in [0, 0.1) is 0 Å². The molecule has 7 nitrogen and oxygen atoms in total. The Bertz CT molecular complexity index is 1630. The van der Waals surface area contributed by atoms with E-state index in [2.05, 4.69) is 20.8 Å². The van der Waals surface area contributed by atoms with E-state index in [0.29, 0.717) is 0 Å². The van der Waals surface area contributed by atoms with Crippen LogP contribution in [-0.2, 0) is 31.4 Å². The van der Waals surface area contributed by atoms with Crippen LogP contribution in [-0.4, -0.2) is 131 Å². The zero-order valence-electron chi connectivity index (χ0n) is 40.3. The van der Waals surface area contributed by atoms with Crippen LogP contribution >= 0.6 is 0 Å². The number of hydrogen-bond acceptors (Lipinski definition) is 7. The number of allylic oxidation sites excluding steroid dienone is 1. The maximum absolute atomic E-state index is 14.3. The largest absolute Gasteiger partial charge is 0.480 e. The molecule has 0 spiro atoms. The van der Waals surface area contributed by atoms with Gasteiger partial charge < -0.3 is 26.6 Å². The second-order valence-electron chi connectivity index (χ2n) is 18.8. The minimum Gasteiger partial charge on any atom is -0.416 e. The van der Waals surface area contributed by atoms with E-state index in [9.17, 15) is 110 Å². The fourth-order valence-electron chi connectivity index (χ4n) is 6.22.